The molecule has 1 fully saturated rings. The normalized spacial score (nSPS) is 23.1. The van der Waals surface area contributed by atoms with Gasteiger partial charge in [0.1, 0.15) is 0 Å². The van der Waals surface area contributed by atoms with Crippen molar-refractivity contribution >= 4 is 5.91 Å². The fraction of sp³-hybridized carbons (Fsp3) is 0.562. The summed E-state index contributed by atoms with van der Waals surface area (Å²) in [5.41, 5.74) is 9.62. The first-order valence-electron chi connectivity index (χ1n) is 7.17. The first-order chi connectivity index (χ1) is 9.06. The van der Waals surface area contributed by atoms with E-state index in [9.17, 15) is 4.79 Å². The van der Waals surface area contributed by atoms with Gasteiger partial charge in [0, 0.05) is 12.1 Å². The van der Waals surface area contributed by atoms with E-state index in [0.29, 0.717) is 6.42 Å². The van der Waals surface area contributed by atoms with Gasteiger partial charge in [-0.25, -0.2) is 0 Å². The fourth-order valence-electron chi connectivity index (χ4n) is 2.70. The summed E-state index contributed by atoms with van der Waals surface area (Å²) in [6.45, 7) is 4.16. The van der Waals surface area contributed by atoms with E-state index in [2.05, 4.69) is 31.3 Å². The predicted molar refractivity (Wildman–Crippen MR) is 78.0 cm³/mol. The van der Waals surface area contributed by atoms with Crippen LogP contribution in [0.2, 0.25) is 0 Å². The maximum atomic E-state index is 12.1. The zero-order valence-electron chi connectivity index (χ0n) is 11.9. The minimum Gasteiger partial charge on any atom is -0.352 e. The Hall–Kier alpha value is -1.35. The van der Waals surface area contributed by atoms with E-state index in [0.717, 1.165) is 18.4 Å². The van der Waals surface area contributed by atoms with Crippen molar-refractivity contribution in [1.29, 1.82) is 0 Å². The van der Waals surface area contributed by atoms with Gasteiger partial charge >= 0.3 is 0 Å². The molecule has 19 heavy (non-hydrogen) atoms. The molecule has 3 heteroatoms. The minimum atomic E-state index is 0.0885. The number of hydrogen-bond acceptors (Lipinski definition) is 2. The Bertz CT molecular complexity index is 456. The van der Waals surface area contributed by atoms with Crippen LogP contribution in [-0.2, 0) is 11.2 Å². The van der Waals surface area contributed by atoms with Gasteiger partial charge in [-0.3, -0.25) is 4.79 Å². The molecule has 0 bridgehead atoms. The van der Waals surface area contributed by atoms with Crippen LogP contribution in [0.1, 0.15) is 42.4 Å². The quantitative estimate of drug-likeness (QED) is 0.875. The Morgan fingerprint density at radius 1 is 1.26 bits per heavy atom. The Labute approximate surface area is 115 Å². The van der Waals surface area contributed by atoms with Gasteiger partial charge in [-0.15, -0.1) is 0 Å². The van der Waals surface area contributed by atoms with Gasteiger partial charge in [0.05, 0.1) is 6.42 Å². The highest BCUT2D eigenvalue weighted by Crippen LogP contribution is 2.17. The molecule has 3 N–H and O–H groups in total. The van der Waals surface area contributed by atoms with Crippen LogP contribution in [-0.4, -0.2) is 18.0 Å². The Morgan fingerprint density at radius 3 is 2.68 bits per heavy atom. The second-order valence-electron chi connectivity index (χ2n) is 5.72. The number of amides is 1. The molecule has 2 rings (SSSR count). The highest BCUT2D eigenvalue weighted by atomic mass is 16.1. The molecule has 0 aliphatic heterocycles. The molecule has 0 unspecified atom stereocenters. The van der Waals surface area contributed by atoms with Crippen molar-refractivity contribution in [1.82, 2.24) is 5.32 Å². The van der Waals surface area contributed by atoms with Crippen molar-refractivity contribution in [3.8, 4) is 0 Å². The van der Waals surface area contributed by atoms with Crippen LogP contribution in [0.15, 0.2) is 18.2 Å². The number of nitrogens with two attached hydrogens (primary N) is 1. The second-order valence-corrected chi connectivity index (χ2v) is 5.72. The van der Waals surface area contributed by atoms with Crippen LogP contribution in [0.25, 0.3) is 0 Å². The number of benzene rings is 1. The molecule has 1 amide bonds. The molecule has 3 nitrogen and oxygen atoms in total. The minimum absolute atomic E-state index is 0.0885. The van der Waals surface area contributed by atoms with E-state index in [-0.39, 0.29) is 18.0 Å². The summed E-state index contributed by atoms with van der Waals surface area (Å²) in [4.78, 5) is 12.1. The first-order valence-corrected chi connectivity index (χ1v) is 7.17. The maximum absolute atomic E-state index is 12.1. The van der Waals surface area contributed by atoms with Gasteiger partial charge in [-0.2, -0.15) is 0 Å². The van der Waals surface area contributed by atoms with Crippen LogP contribution in [0.5, 0.6) is 0 Å². The molecule has 0 aromatic heterocycles. The lowest BCUT2D eigenvalue weighted by molar-refractivity contribution is -0.121. The van der Waals surface area contributed by atoms with E-state index in [1.807, 2.05) is 6.07 Å². The van der Waals surface area contributed by atoms with Crippen LogP contribution in [0.4, 0.5) is 0 Å². The van der Waals surface area contributed by atoms with Gasteiger partial charge in [-0.05, 0) is 43.4 Å². The summed E-state index contributed by atoms with van der Waals surface area (Å²) in [7, 11) is 0. The predicted octanol–water partition coefficient (Wildman–Crippen LogP) is 2.23. The summed E-state index contributed by atoms with van der Waals surface area (Å²) in [5, 5.41) is 3.09. The third kappa shape index (κ3) is 3.80. The molecule has 1 aliphatic rings. The third-order valence-corrected chi connectivity index (χ3v) is 4.10. The van der Waals surface area contributed by atoms with Crippen molar-refractivity contribution in [2.75, 3.05) is 0 Å². The molecular weight excluding hydrogens is 236 g/mol. The lowest BCUT2D eigenvalue weighted by atomic mass is 9.91. The standard InChI is InChI=1S/C16H24N2O/c1-11-7-8-13(9-12(11)2)10-16(19)18-15-6-4-3-5-14(15)17/h7-9,14-15H,3-6,10,17H2,1-2H3,(H,18,19)/t14-,15-/m1/s1. The molecule has 104 valence electrons. The van der Waals surface area contributed by atoms with Crippen molar-refractivity contribution in [3.05, 3.63) is 34.9 Å². The molecule has 1 saturated carbocycles. The smallest absolute Gasteiger partial charge is 0.224 e. The second kappa shape index (κ2) is 6.20. The first kappa shape index (κ1) is 14.1. The van der Waals surface area contributed by atoms with E-state index in [1.165, 1.54) is 24.0 Å². The van der Waals surface area contributed by atoms with Crippen molar-refractivity contribution in [3.63, 3.8) is 0 Å². The van der Waals surface area contributed by atoms with E-state index in [4.69, 9.17) is 5.73 Å². The zero-order valence-corrected chi connectivity index (χ0v) is 11.9. The molecular formula is C16H24N2O. The van der Waals surface area contributed by atoms with Gasteiger partial charge < -0.3 is 11.1 Å². The summed E-state index contributed by atoms with van der Waals surface area (Å²) in [6, 6.07) is 6.48. The third-order valence-electron chi connectivity index (χ3n) is 4.10. The zero-order chi connectivity index (χ0) is 13.8. The molecule has 1 aromatic carbocycles. The molecule has 0 radical (unpaired) electrons. The van der Waals surface area contributed by atoms with Crippen molar-refractivity contribution < 1.29 is 4.79 Å². The average Bonchev–Trinajstić information content (AvgIpc) is 2.37. The number of nitrogens with one attached hydrogen (secondary N) is 1. The Balaban J connectivity index is 1.91. The lowest BCUT2D eigenvalue weighted by Gasteiger charge is -2.29. The highest BCUT2D eigenvalue weighted by molar-refractivity contribution is 5.79. The van der Waals surface area contributed by atoms with Gasteiger partial charge in [0.25, 0.3) is 0 Å². The number of hydrogen-bond donors (Lipinski definition) is 2. The molecule has 1 aromatic rings. The number of carbonyl (C=O) groups is 1. The van der Waals surface area contributed by atoms with Crippen LogP contribution >= 0.6 is 0 Å². The summed E-state index contributed by atoms with van der Waals surface area (Å²) in [5.74, 6) is 0.0885. The topological polar surface area (TPSA) is 55.1 Å². The van der Waals surface area contributed by atoms with Gasteiger partial charge in [0.2, 0.25) is 5.91 Å². The molecule has 2 atom stereocenters. The molecule has 1 aliphatic carbocycles. The average molecular weight is 260 g/mol. The summed E-state index contributed by atoms with van der Waals surface area (Å²) in [6.07, 6.45) is 4.84. The van der Waals surface area contributed by atoms with E-state index in [1.54, 1.807) is 0 Å². The van der Waals surface area contributed by atoms with Crippen LogP contribution in [0, 0.1) is 13.8 Å². The van der Waals surface area contributed by atoms with Crippen molar-refractivity contribution in [2.24, 2.45) is 5.73 Å². The molecule has 0 spiro atoms. The lowest BCUT2D eigenvalue weighted by Crippen LogP contribution is -2.49. The number of carbonyl (C=O) groups excluding carboxylic acids is 1. The molecule has 0 heterocycles. The Kier molecular flexibility index (Phi) is 4.59. The maximum Gasteiger partial charge on any atom is 0.224 e. The largest absolute Gasteiger partial charge is 0.352 e. The number of aryl methyl sites for hydroxylation is 2. The summed E-state index contributed by atoms with van der Waals surface area (Å²) >= 11 is 0. The SMILES string of the molecule is Cc1ccc(CC(=O)N[C@@H]2CCCC[C@H]2N)cc1C. The van der Waals surface area contributed by atoms with E-state index < -0.39 is 0 Å². The van der Waals surface area contributed by atoms with Crippen molar-refractivity contribution in [2.45, 2.75) is 58.0 Å². The highest BCUT2D eigenvalue weighted by Gasteiger charge is 2.23. The van der Waals surface area contributed by atoms with Crippen LogP contribution < -0.4 is 11.1 Å². The fourth-order valence-corrected chi connectivity index (χ4v) is 2.70. The monoisotopic (exact) mass is 260 g/mol. The van der Waals surface area contributed by atoms with Crippen LogP contribution in [0.3, 0.4) is 0 Å². The Morgan fingerprint density at radius 2 is 2.00 bits per heavy atom. The summed E-state index contributed by atoms with van der Waals surface area (Å²) < 4.78 is 0. The van der Waals surface area contributed by atoms with E-state index >= 15 is 0 Å². The number of rotatable bonds is 3. The van der Waals surface area contributed by atoms with Gasteiger partial charge in [-0.1, -0.05) is 31.0 Å². The molecule has 0 saturated heterocycles. The van der Waals surface area contributed by atoms with Gasteiger partial charge in [0.15, 0.2) is 0 Å².